The van der Waals surface area contributed by atoms with Gasteiger partial charge in [0.2, 0.25) is 0 Å². The van der Waals surface area contributed by atoms with Crippen LogP contribution in [-0.4, -0.2) is 12.0 Å². The van der Waals surface area contributed by atoms with E-state index in [-0.39, 0.29) is 5.91 Å². The van der Waals surface area contributed by atoms with E-state index in [4.69, 9.17) is 16.3 Å². The van der Waals surface area contributed by atoms with Gasteiger partial charge in [0, 0.05) is 6.54 Å². The first kappa shape index (κ1) is 15.4. The van der Waals surface area contributed by atoms with Crippen LogP contribution in [0.1, 0.15) is 18.1 Å². The second-order valence-corrected chi connectivity index (χ2v) is 5.30. The molecule has 1 N–H and O–H groups in total. The van der Waals surface area contributed by atoms with Crippen LogP contribution in [0, 0.1) is 6.92 Å². The Morgan fingerprint density at radius 2 is 1.86 bits per heavy atom. The van der Waals surface area contributed by atoms with E-state index in [1.165, 1.54) is 5.56 Å². The molecule has 1 amide bonds. The number of hydrogen-bond acceptors (Lipinski definition) is 2. The van der Waals surface area contributed by atoms with Gasteiger partial charge >= 0.3 is 0 Å². The summed E-state index contributed by atoms with van der Waals surface area (Å²) in [5.74, 6) is 0.340. The fourth-order valence-electron chi connectivity index (χ4n) is 1.82. The first-order valence-electron chi connectivity index (χ1n) is 6.80. The lowest BCUT2D eigenvalue weighted by atomic mass is 10.1. The van der Waals surface area contributed by atoms with Crippen LogP contribution in [0.4, 0.5) is 0 Å². The Labute approximate surface area is 129 Å². The summed E-state index contributed by atoms with van der Waals surface area (Å²) in [5, 5.41) is 3.35. The number of halogens is 1. The Morgan fingerprint density at radius 3 is 2.52 bits per heavy atom. The van der Waals surface area contributed by atoms with Gasteiger partial charge in [-0.05, 0) is 31.5 Å². The van der Waals surface area contributed by atoms with Crippen molar-refractivity contribution >= 4 is 17.5 Å². The number of hydrogen-bond donors (Lipinski definition) is 1. The lowest BCUT2D eigenvalue weighted by Gasteiger charge is -2.15. The van der Waals surface area contributed by atoms with Crippen molar-refractivity contribution in [2.75, 3.05) is 0 Å². The van der Waals surface area contributed by atoms with Gasteiger partial charge in [-0.25, -0.2) is 0 Å². The predicted octanol–water partition coefficient (Wildman–Crippen LogP) is 3.73. The van der Waals surface area contributed by atoms with E-state index in [1.54, 1.807) is 19.1 Å². The van der Waals surface area contributed by atoms with E-state index in [2.05, 4.69) is 5.32 Å². The highest BCUT2D eigenvalue weighted by molar-refractivity contribution is 6.32. The second kappa shape index (κ2) is 7.14. The molecule has 2 rings (SSSR count). The molecule has 110 valence electrons. The number of carbonyl (C=O) groups excluding carboxylic acids is 1. The van der Waals surface area contributed by atoms with Gasteiger partial charge in [0.25, 0.3) is 5.91 Å². The molecule has 0 saturated heterocycles. The maximum absolute atomic E-state index is 12.0. The second-order valence-electron chi connectivity index (χ2n) is 4.89. The summed E-state index contributed by atoms with van der Waals surface area (Å²) in [4.78, 5) is 12.0. The number of aryl methyl sites for hydroxylation is 1. The Kier molecular flexibility index (Phi) is 5.23. The molecule has 0 aliphatic rings. The minimum atomic E-state index is -0.602. The van der Waals surface area contributed by atoms with Gasteiger partial charge in [-0.2, -0.15) is 0 Å². The highest BCUT2D eigenvalue weighted by Crippen LogP contribution is 2.24. The Morgan fingerprint density at radius 1 is 1.19 bits per heavy atom. The third-order valence-electron chi connectivity index (χ3n) is 3.10. The largest absolute Gasteiger partial charge is 0.479 e. The zero-order valence-electron chi connectivity index (χ0n) is 12.1. The van der Waals surface area contributed by atoms with Crippen molar-refractivity contribution in [1.82, 2.24) is 5.32 Å². The Hall–Kier alpha value is -2.00. The number of nitrogens with one attached hydrogen (secondary N) is 1. The van der Waals surface area contributed by atoms with Crippen molar-refractivity contribution in [1.29, 1.82) is 0 Å². The molecule has 0 aliphatic heterocycles. The van der Waals surface area contributed by atoms with E-state index < -0.39 is 6.10 Å². The number of amides is 1. The molecule has 4 heteroatoms. The average molecular weight is 304 g/mol. The van der Waals surface area contributed by atoms with Gasteiger partial charge in [-0.1, -0.05) is 53.6 Å². The predicted molar refractivity (Wildman–Crippen MR) is 84.6 cm³/mol. The molecule has 0 spiro atoms. The molecule has 0 aliphatic carbocycles. The van der Waals surface area contributed by atoms with Crippen molar-refractivity contribution in [3.63, 3.8) is 0 Å². The van der Waals surface area contributed by atoms with Crippen LogP contribution in [0.15, 0.2) is 48.5 Å². The average Bonchev–Trinajstić information content (AvgIpc) is 2.48. The summed E-state index contributed by atoms with van der Waals surface area (Å²) in [6.07, 6.45) is -0.602. The molecular weight excluding hydrogens is 286 g/mol. The number of carbonyl (C=O) groups is 1. The van der Waals surface area contributed by atoms with E-state index in [0.717, 1.165) is 5.56 Å². The first-order valence-corrected chi connectivity index (χ1v) is 7.18. The summed E-state index contributed by atoms with van der Waals surface area (Å²) in [7, 11) is 0. The quantitative estimate of drug-likeness (QED) is 0.914. The molecule has 1 atom stereocenters. The topological polar surface area (TPSA) is 38.3 Å². The molecule has 0 heterocycles. The highest BCUT2D eigenvalue weighted by atomic mass is 35.5. The molecule has 3 nitrogen and oxygen atoms in total. The zero-order chi connectivity index (χ0) is 15.2. The SMILES string of the molecule is Cc1ccc(CNC(=O)[C@@H](C)Oc2ccccc2Cl)cc1. The number of ether oxygens (including phenoxy) is 1. The van der Waals surface area contributed by atoms with Gasteiger partial charge in [0.05, 0.1) is 5.02 Å². The smallest absolute Gasteiger partial charge is 0.261 e. The molecule has 2 aromatic carbocycles. The van der Waals surface area contributed by atoms with E-state index in [9.17, 15) is 4.79 Å². The van der Waals surface area contributed by atoms with Crippen LogP contribution in [0.3, 0.4) is 0 Å². The monoisotopic (exact) mass is 303 g/mol. The van der Waals surface area contributed by atoms with E-state index >= 15 is 0 Å². The van der Waals surface area contributed by atoms with Crippen LogP contribution in [0.2, 0.25) is 5.02 Å². The molecule has 2 aromatic rings. The molecule has 0 fully saturated rings. The van der Waals surface area contributed by atoms with Gasteiger partial charge in [0.15, 0.2) is 6.10 Å². The van der Waals surface area contributed by atoms with Gasteiger partial charge < -0.3 is 10.1 Å². The fourth-order valence-corrected chi connectivity index (χ4v) is 2.00. The molecule has 21 heavy (non-hydrogen) atoms. The molecule has 0 bridgehead atoms. The highest BCUT2D eigenvalue weighted by Gasteiger charge is 2.15. The summed E-state index contributed by atoms with van der Waals surface area (Å²) >= 11 is 6.00. The van der Waals surface area contributed by atoms with Crippen LogP contribution in [0.25, 0.3) is 0 Å². The van der Waals surface area contributed by atoms with Gasteiger partial charge in [-0.15, -0.1) is 0 Å². The fraction of sp³-hybridized carbons (Fsp3) is 0.235. The minimum Gasteiger partial charge on any atom is -0.479 e. The maximum Gasteiger partial charge on any atom is 0.261 e. The van der Waals surface area contributed by atoms with Crippen LogP contribution >= 0.6 is 11.6 Å². The molecular formula is C17H18ClNO2. The Balaban J connectivity index is 1.88. The molecule has 0 aromatic heterocycles. The van der Waals surface area contributed by atoms with Crippen molar-refractivity contribution in [2.24, 2.45) is 0 Å². The van der Waals surface area contributed by atoms with Crippen LogP contribution < -0.4 is 10.1 Å². The standard InChI is InChI=1S/C17H18ClNO2/c1-12-7-9-14(10-8-12)11-19-17(20)13(2)21-16-6-4-3-5-15(16)18/h3-10,13H,11H2,1-2H3,(H,19,20)/t13-/m1/s1. The van der Waals surface area contributed by atoms with E-state index in [0.29, 0.717) is 17.3 Å². The number of rotatable bonds is 5. The summed E-state index contributed by atoms with van der Waals surface area (Å²) in [6, 6.07) is 15.1. The maximum atomic E-state index is 12.0. The van der Waals surface area contributed by atoms with Gasteiger partial charge in [-0.3, -0.25) is 4.79 Å². The Bertz CT molecular complexity index is 610. The minimum absolute atomic E-state index is 0.171. The zero-order valence-corrected chi connectivity index (χ0v) is 12.9. The molecule has 0 saturated carbocycles. The summed E-state index contributed by atoms with van der Waals surface area (Å²) in [6.45, 7) is 4.21. The number of benzene rings is 2. The summed E-state index contributed by atoms with van der Waals surface area (Å²) in [5.41, 5.74) is 2.25. The van der Waals surface area contributed by atoms with Crippen molar-refractivity contribution in [3.05, 3.63) is 64.7 Å². The first-order chi connectivity index (χ1) is 10.1. The third kappa shape index (κ3) is 4.50. The van der Waals surface area contributed by atoms with Crippen molar-refractivity contribution < 1.29 is 9.53 Å². The van der Waals surface area contributed by atoms with E-state index in [1.807, 2.05) is 43.3 Å². The molecule has 0 radical (unpaired) electrons. The third-order valence-corrected chi connectivity index (χ3v) is 3.41. The normalized spacial score (nSPS) is 11.8. The van der Waals surface area contributed by atoms with Gasteiger partial charge in [0.1, 0.15) is 5.75 Å². The number of para-hydroxylation sites is 1. The van der Waals surface area contributed by atoms with Crippen LogP contribution in [0.5, 0.6) is 5.75 Å². The van der Waals surface area contributed by atoms with Crippen LogP contribution in [-0.2, 0) is 11.3 Å². The lowest BCUT2D eigenvalue weighted by Crippen LogP contribution is -2.35. The summed E-state index contributed by atoms with van der Waals surface area (Å²) < 4.78 is 5.57. The van der Waals surface area contributed by atoms with Crippen molar-refractivity contribution in [3.8, 4) is 5.75 Å². The lowest BCUT2D eigenvalue weighted by molar-refractivity contribution is -0.127. The van der Waals surface area contributed by atoms with Crippen molar-refractivity contribution in [2.45, 2.75) is 26.5 Å². The molecule has 0 unspecified atom stereocenters.